The number of aryl methyl sites for hydroxylation is 2. The smallest absolute Gasteiger partial charge is 0.145 e. The van der Waals surface area contributed by atoms with Gasteiger partial charge in [-0.15, -0.1) is 0 Å². The van der Waals surface area contributed by atoms with E-state index in [1.54, 1.807) is 13.4 Å². The van der Waals surface area contributed by atoms with Crippen molar-refractivity contribution in [3.8, 4) is 5.75 Å². The van der Waals surface area contributed by atoms with Crippen molar-refractivity contribution in [1.82, 2.24) is 0 Å². The first-order chi connectivity index (χ1) is 12.0. The van der Waals surface area contributed by atoms with Gasteiger partial charge in [-0.25, -0.2) is 0 Å². The van der Waals surface area contributed by atoms with E-state index >= 15 is 0 Å². The average Bonchev–Trinajstić information content (AvgIpc) is 2.83. The van der Waals surface area contributed by atoms with Crippen molar-refractivity contribution in [3.05, 3.63) is 48.6 Å². The summed E-state index contributed by atoms with van der Waals surface area (Å²) >= 11 is 0. The molecule has 4 atom stereocenters. The van der Waals surface area contributed by atoms with E-state index < -0.39 is 0 Å². The molecule has 0 N–H and O–H groups in total. The fourth-order valence-electron chi connectivity index (χ4n) is 3.53. The minimum atomic E-state index is -0.175. The van der Waals surface area contributed by atoms with Crippen molar-refractivity contribution in [2.45, 2.75) is 33.3 Å². The summed E-state index contributed by atoms with van der Waals surface area (Å²) in [6.07, 6.45) is 4.21. The average molecular weight is 434 g/mol. The van der Waals surface area contributed by atoms with Crippen molar-refractivity contribution in [2.75, 3.05) is 20.3 Å². The first-order valence-electron chi connectivity index (χ1n) is 8.82. The Hall–Kier alpha value is -0.706. The first kappa shape index (κ1) is 23.3. The maximum atomic E-state index is 12.7. The molecule has 1 aromatic rings. The molecular weight excluding hydrogens is 405 g/mol. The van der Waals surface area contributed by atoms with Crippen molar-refractivity contribution in [2.24, 2.45) is 17.8 Å². The summed E-state index contributed by atoms with van der Waals surface area (Å²) in [6.45, 7) is 10.5. The summed E-state index contributed by atoms with van der Waals surface area (Å²) in [7, 11) is 1.67. The quantitative estimate of drug-likeness (QED) is 0.460. The van der Waals surface area contributed by atoms with E-state index in [1.165, 1.54) is 11.1 Å². The first-order valence-corrected chi connectivity index (χ1v) is 8.82. The van der Waals surface area contributed by atoms with E-state index in [4.69, 9.17) is 14.2 Å². The van der Waals surface area contributed by atoms with Gasteiger partial charge in [0, 0.05) is 51.7 Å². The Bertz CT molecular complexity index is 614. The van der Waals surface area contributed by atoms with Gasteiger partial charge in [0.2, 0.25) is 0 Å². The van der Waals surface area contributed by atoms with Crippen LogP contribution in [0.4, 0.5) is 0 Å². The van der Waals surface area contributed by atoms with E-state index in [2.05, 4.69) is 20.8 Å². The van der Waals surface area contributed by atoms with Crippen LogP contribution >= 0.6 is 0 Å². The summed E-state index contributed by atoms with van der Waals surface area (Å²) in [5.74, 6) is 0.812. The minimum absolute atomic E-state index is 0. The largest absolute Gasteiger partial charge is 0.533 e. The second kappa shape index (κ2) is 11.2. The number of ether oxygens (including phenoxy) is 3. The van der Waals surface area contributed by atoms with Gasteiger partial charge < -0.3 is 21.1 Å². The van der Waals surface area contributed by atoms with Crippen molar-refractivity contribution >= 4 is 5.78 Å². The van der Waals surface area contributed by atoms with Gasteiger partial charge in [0.15, 0.2) is 0 Å². The summed E-state index contributed by atoms with van der Waals surface area (Å²) in [4.78, 5) is 12.7. The Labute approximate surface area is 182 Å². The topological polar surface area (TPSA) is 44.8 Å². The molecule has 1 aliphatic rings. The SMILES string of the molecule is [CH2-]CO/C=C\C[C@H]1C(OC)C(C)C(=O)[C@@H]1COc1ccc(C)c(C)c1.[Y]. The van der Waals surface area contributed by atoms with E-state index in [9.17, 15) is 4.79 Å². The molecule has 2 unspecified atom stereocenters. The zero-order valence-electron chi connectivity index (χ0n) is 16.2. The number of carbonyl (C=O) groups is 1. The molecule has 26 heavy (non-hydrogen) atoms. The molecule has 0 heterocycles. The Kier molecular flexibility index (Phi) is 10.1. The van der Waals surface area contributed by atoms with Gasteiger partial charge in [-0.3, -0.25) is 4.79 Å². The van der Waals surface area contributed by atoms with Crippen molar-refractivity contribution in [3.63, 3.8) is 0 Å². The van der Waals surface area contributed by atoms with Crippen LogP contribution in [0.3, 0.4) is 0 Å². The Morgan fingerprint density at radius 3 is 2.58 bits per heavy atom. The Morgan fingerprint density at radius 2 is 1.96 bits per heavy atom. The molecule has 0 aromatic heterocycles. The number of Topliss-reactive ketones (excluding diaryl/α,β-unsaturated/α-hetero) is 1. The van der Waals surface area contributed by atoms with Gasteiger partial charge in [0.1, 0.15) is 11.5 Å². The van der Waals surface area contributed by atoms with E-state index in [0.717, 1.165) is 12.2 Å². The number of allylic oxidation sites excluding steroid dienone is 1. The number of rotatable bonds is 8. The maximum absolute atomic E-state index is 12.7. The zero-order chi connectivity index (χ0) is 18.4. The second-order valence-electron chi connectivity index (χ2n) is 6.70. The molecule has 5 heteroatoms. The number of hydrogen-bond acceptors (Lipinski definition) is 4. The third-order valence-corrected chi connectivity index (χ3v) is 5.14. The van der Waals surface area contributed by atoms with Gasteiger partial charge in [-0.2, -0.15) is 0 Å². The molecule has 1 aliphatic carbocycles. The molecule has 1 radical (unpaired) electrons. The maximum Gasteiger partial charge on any atom is 0.145 e. The Balaban J connectivity index is 0.00000338. The normalized spacial score (nSPS) is 25.3. The van der Waals surface area contributed by atoms with Crippen molar-refractivity contribution < 1.29 is 51.7 Å². The van der Waals surface area contributed by atoms with E-state index in [1.807, 2.05) is 31.2 Å². The summed E-state index contributed by atoms with van der Waals surface area (Å²) in [5, 5.41) is 0. The molecule has 0 bridgehead atoms. The number of hydrogen-bond donors (Lipinski definition) is 0. The van der Waals surface area contributed by atoms with Crippen LogP contribution < -0.4 is 4.74 Å². The standard InChI is InChI=1S/C21H29O4.Y/c1-6-24-11-7-8-18-19(20(22)16(4)21(18)23-5)13-25-17-10-9-14(2)15(3)12-17;/h7,9-12,16,18-19,21H,1,6,8,13H2,2-5H3;/q-1;/b11-7-;/t16?,18-,19-,21?;/m1./s1. The molecule has 0 amide bonds. The molecule has 1 aromatic carbocycles. The number of carbonyl (C=O) groups excluding carboxylic acids is 1. The van der Waals surface area contributed by atoms with E-state index in [-0.39, 0.29) is 62.4 Å². The Morgan fingerprint density at radius 1 is 1.23 bits per heavy atom. The summed E-state index contributed by atoms with van der Waals surface area (Å²) < 4.78 is 16.7. The van der Waals surface area contributed by atoms with Gasteiger partial charge >= 0.3 is 0 Å². The molecule has 2 rings (SSSR count). The van der Waals surface area contributed by atoms with Gasteiger partial charge in [0.25, 0.3) is 0 Å². The van der Waals surface area contributed by atoms with Gasteiger partial charge in [-0.05, 0) is 56.2 Å². The van der Waals surface area contributed by atoms with E-state index in [0.29, 0.717) is 13.2 Å². The summed E-state index contributed by atoms with van der Waals surface area (Å²) in [5.41, 5.74) is 2.41. The zero-order valence-corrected chi connectivity index (χ0v) is 19.1. The molecule has 4 nitrogen and oxygen atoms in total. The van der Waals surface area contributed by atoms with Crippen molar-refractivity contribution in [1.29, 1.82) is 0 Å². The van der Waals surface area contributed by atoms with Gasteiger partial charge in [0.05, 0.1) is 24.9 Å². The molecule has 0 saturated heterocycles. The predicted molar refractivity (Wildman–Crippen MR) is 98.4 cm³/mol. The van der Waals surface area contributed by atoms with Crippen LogP contribution in [0.25, 0.3) is 0 Å². The molecule has 141 valence electrons. The van der Waals surface area contributed by atoms with Crippen LogP contribution in [0.15, 0.2) is 30.5 Å². The molecular formula is C21H29O4Y-. The number of benzene rings is 1. The predicted octanol–water partition coefficient (Wildman–Crippen LogP) is 3.90. The summed E-state index contributed by atoms with van der Waals surface area (Å²) in [6, 6.07) is 6.01. The van der Waals surface area contributed by atoms with Gasteiger partial charge in [-0.1, -0.05) is 13.0 Å². The fourth-order valence-corrected chi connectivity index (χ4v) is 3.53. The van der Waals surface area contributed by atoms with Crippen LogP contribution in [-0.4, -0.2) is 32.2 Å². The van der Waals surface area contributed by atoms with Crippen LogP contribution in [-0.2, 0) is 47.0 Å². The number of ketones is 1. The number of methoxy groups -OCH3 is 1. The monoisotopic (exact) mass is 434 g/mol. The molecule has 0 aliphatic heterocycles. The van der Waals surface area contributed by atoms with Crippen LogP contribution in [0.2, 0.25) is 0 Å². The van der Waals surface area contributed by atoms with Crippen LogP contribution in [0.5, 0.6) is 5.75 Å². The molecule has 0 spiro atoms. The van der Waals surface area contributed by atoms with Crippen LogP contribution in [0, 0.1) is 38.5 Å². The third kappa shape index (κ3) is 5.64. The fraction of sp³-hybridized carbons (Fsp3) is 0.524. The molecule has 1 saturated carbocycles. The second-order valence-corrected chi connectivity index (χ2v) is 6.70. The minimum Gasteiger partial charge on any atom is -0.533 e. The van der Waals surface area contributed by atoms with Crippen LogP contribution in [0.1, 0.15) is 24.5 Å². The third-order valence-electron chi connectivity index (χ3n) is 5.14. The molecule has 1 fully saturated rings.